The van der Waals surface area contributed by atoms with E-state index in [0.717, 1.165) is 23.7 Å². The van der Waals surface area contributed by atoms with E-state index in [1.807, 2.05) is 42.5 Å². The Bertz CT molecular complexity index is 822. The van der Waals surface area contributed by atoms with Gasteiger partial charge in [-0.15, -0.1) is 0 Å². The van der Waals surface area contributed by atoms with Gasteiger partial charge in [-0.05, 0) is 72.9 Å². The van der Waals surface area contributed by atoms with Crippen LogP contribution in [0.1, 0.15) is 60.1 Å². The van der Waals surface area contributed by atoms with E-state index < -0.39 is 0 Å². The molecule has 1 heterocycles. The highest BCUT2D eigenvalue weighted by Gasteiger charge is 2.41. The number of amides is 1. The van der Waals surface area contributed by atoms with Crippen molar-refractivity contribution in [3.8, 4) is 11.8 Å². The first kappa shape index (κ1) is 16.8. The fourth-order valence-corrected chi connectivity index (χ4v) is 3.71. The van der Waals surface area contributed by atoms with Gasteiger partial charge in [0.1, 0.15) is 5.69 Å². The van der Waals surface area contributed by atoms with Crippen LogP contribution in [0.4, 0.5) is 0 Å². The molecule has 132 valence electrons. The Hall–Kier alpha value is -2.60. The number of pyridine rings is 1. The number of nitrogens with zero attached hydrogens (tertiary/aromatic N) is 1. The number of carbonyl (C=O) groups excluding carboxylic acids is 1. The third kappa shape index (κ3) is 4.14. The van der Waals surface area contributed by atoms with E-state index in [2.05, 4.69) is 22.1 Å². The van der Waals surface area contributed by atoms with Crippen molar-refractivity contribution in [2.45, 2.75) is 38.5 Å². The Balaban J connectivity index is 1.34. The summed E-state index contributed by atoms with van der Waals surface area (Å²) < 4.78 is 0. The zero-order valence-corrected chi connectivity index (χ0v) is 15.0. The van der Waals surface area contributed by atoms with Gasteiger partial charge in [0.05, 0.1) is 0 Å². The fourth-order valence-electron chi connectivity index (χ4n) is 3.71. The summed E-state index contributed by atoms with van der Waals surface area (Å²) in [6.07, 6.45) is 9.65. The summed E-state index contributed by atoms with van der Waals surface area (Å²) >= 11 is 0. The number of aromatic nitrogens is 1. The largest absolute Gasteiger partial charge is 0.351 e. The fraction of sp³-hybridized carbons (Fsp3) is 0.391. The average Bonchev–Trinajstić information content (AvgIpc) is 3.47. The van der Waals surface area contributed by atoms with E-state index in [4.69, 9.17) is 0 Å². The Morgan fingerprint density at radius 2 is 1.92 bits per heavy atom. The molecule has 2 aromatic rings. The molecule has 1 amide bonds. The molecule has 0 atom stereocenters. The van der Waals surface area contributed by atoms with Crippen LogP contribution in [-0.2, 0) is 0 Å². The van der Waals surface area contributed by atoms with Gasteiger partial charge in [-0.3, -0.25) is 4.79 Å². The highest BCUT2D eigenvalue weighted by molar-refractivity contribution is 5.94. The van der Waals surface area contributed by atoms with Crippen molar-refractivity contribution in [3.63, 3.8) is 0 Å². The highest BCUT2D eigenvalue weighted by atomic mass is 16.1. The smallest absolute Gasteiger partial charge is 0.251 e. The predicted octanol–water partition coefficient (Wildman–Crippen LogP) is 4.18. The average molecular weight is 344 g/mol. The van der Waals surface area contributed by atoms with E-state index in [1.54, 1.807) is 6.20 Å². The van der Waals surface area contributed by atoms with Crippen molar-refractivity contribution in [3.05, 3.63) is 65.5 Å². The molecule has 1 aromatic carbocycles. The molecule has 0 saturated heterocycles. The molecule has 0 spiro atoms. The number of carbonyl (C=O) groups is 1. The van der Waals surface area contributed by atoms with E-state index in [0.29, 0.717) is 11.0 Å². The van der Waals surface area contributed by atoms with E-state index in [9.17, 15) is 4.79 Å². The van der Waals surface area contributed by atoms with Crippen LogP contribution in [0.3, 0.4) is 0 Å². The van der Waals surface area contributed by atoms with E-state index in [-0.39, 0.29) is 5.91 Å². The quantitative estimate of drug-likeness (QED) is 0.827. The normalized spacial score (nSPS) is 17.5. The molecule has 2 saturated carbocycles. The first-order valence-corrected chi connectivity index (χ1v) is 9.54. The molecule has 1 aromatic heterocycles. The summed E-state index contributed by atoms with van der Waals surface area (Å²) in [7, 11) is 0. The zero-order chi connectivity index (χ0) is 17.8. The van der Waals surface area contributed by atoms with Gasteiger partial charge in [0.15, 0.2) is 0 Å². The van der Waals surface area contributed by atoms with Gasteiger partial charge in [-0.1, -0.05) is 31.2 Å². The Kier molecular flexibility index (Phi) is 4.75. The molecule has 1 N–H and O–H groups in total. The molecule has 2 aliphatic rings. The zero-order valence-electron chi connectivity index (χ0n) is 15.0. The number of nitrogens with one attached hydrogen (secondary N) is 1. The van der Waals surface area contributed by atoms with Crippen molar-refractivity contribution in [2.24, 2.45) is 11.3 Å². The van der Waals surface area contributed by atoms with Gasteiger partial charge in [0.2, 0.25) is 0 Å². The lowest BCUT2D eigenvalue weighted by molar-refractivity contribution is 0.0814. The molecule has 2 fully saturated rings. The predicted molar refractivity (Wildman–Crippen MR) is 103 cm³/mol. The van der Waals surface area contributed by atoms with Gasteiger partial charge in [0.25, 0.3) is 5.91 Å². The minimum atomic E-state index is 0.0244. The summed E-state index contributed by atoms with van der Waals surface area (Å²) in [6.45, 7) is 0.823. The summed E-state index contributed by atoms with van der Waals surface area (Å²) in [6, 6.07) is 13.2. The maximum atomic E-state index is 12.5. The van der Waals surface area contributed by atoms with Crippen molar-refractivity contribution in [2.75, 3.05) is 6.54 Å². The van der Waals surface area contributed by atoms with Gasteiger partial charge in [0, 0.05) is 23.9 Å². The summed E-state index contributed by atoms with van der Waals surface area (Å²) in [4.78, 5) is 16.7. The molecule has 0 aliphatic heterocycles. The van der Waals surface area contributed by atoms with Crippen molar-refractivity contribution in [1.82, 2.24) is 10.3 Å². The summed E-state index contributed by atoms with van der Waals surface area (Å²) in [5.74, 6) is 7.06. The molecule has 4 rings (SSSR count). The molecule has 0 bridgehead atoms. The van der Waals surface area contributed by atoms with Crippen LogP contribution in [0, 0.1) is 23.2 Å². The van der Waals surface area contributed by atoms with Crippen LogP contribution < -0.4 is 5.32 Å². The number of benzene rings is 1. The number of hydrogen-bond acceptors (Lipinski definition) is 2. The van der Waals surface area contributed by atoms with Gasteiger partial charge >= 0.3 is 0 Å². The second-order valence-electron chi connectivity index (χ2n) is 7.73. The third-order valence-electron chi connectivity index (χ3n) is 5.60. The minimum Gasteiger partial charge on any atom is -0.351 e. The molecular formula is C23H24N2O. The van der Waals surface area contributed by atoms with Crippen LogP contribution in [0.15, 0.2) is 48.7 Å². The van der Waals surface area contributed by atoms with Gasteiger partial charge in [-0.2, -0.15) is 0 Å². The standard InChI is InChI=1S/C23H24N2O/c26-22(25-17-23(13-3-14-23)16-19-5-6-19)20-10-7-18(8-11-20)9-12-21-4-1-2-15-24-21/h1-2,4,7-8,10-11,15,19H,3,5-6,13-14,16-17H2,(H,25,26). The highest BCUT2D eigenvalue weighted by Crippen LogP contribution is 2.50. The monoisotopic (exact) mass is 344 g/mol. The third-order valence-corrected chi connectivity index (χ3v) is 5.60. The first-order chi connectivity index (χ1) is 12.7. The molecule has 3 heteroatoms. The molecule has 0 radical (unpaired) electrons. The van der Waals surface area contributed by atoms with Gasteiger partial charge in [-0.25, -0.2) is 4.98 Å². The molecule has 26 heavy (non-hydrogen) atoms. The molecule has 3 nitrogen and oxygen atoms in total. The molecular weight excluding hydrogens is 320 g/mol. The van der Waals surface area contributed by atoms with Crippen molar-refractivity contribution < 1.29 is 4.79 Å². The summed E-state index contributed by atoms with van der Waals surface area (Å²) in [5, 5.41) is 3.17. The maximum absolute atomic E-state index is 12.5. The summed E-state index contributed by atoms with van der Waals surface area (Å²) in [5.41, 5.74) is 2.71. The number of hydrogen-bond donors (Lipinski definition) is 1. The van der Waals surface area contributed by atoms with Crippen LogP contribution in [0.5, 0.6) is 0 Å². The minimum absolute atomic E-state index is 0.0244. The molecule has 0 unspecified atom stereocenters. The lowest BCUT2D eigenvalue weighted by atomic mass is 9.65. The van der Waals surface area contributed by atoms with Crippen molar-refractivity contribution in [1.29, 1.82) is 0 Å². The molecule has 2 aliphatic carbocycles. The van der Waals surface area contributed by atoms with Crippen LogP contribution >= 0.6 is 0 Å². The Morgan fingerprint density at radius 1 is 1.12 bits per heavy atom. The lowest BCUT2D eigenvalue weighted by Crippen LogP contribution is -2.42. The second-order valence-corrected chi connectivity index (χ2v) is 7.73. The van der Waals surface area contributed by atoms with Crippen LogP contribution in [0.25, 0.3) is 0 Å². The second kappa shape index (κ2) is 7.33. The van der Waals surface area contributed by atoms with E-state index >= 15 is 0 Å². The van der Waals surface area contributed by atoms with E-state index in [1.165, 1.54) is 38.5 Å². The number of rotatable bonds is 5. The van der Waals surface area contributed by atoms with Crippen molar-refractivity contribution >= 4 is 5.91 Å². The van der Waals surface area contributed by atoms with Crippen LogP contribution in [-0.4, -0.2) is 17.4 Å². The topological polar surface area (TPSA) is 42.0 Å². The Labute approximate surface area is 155 Å². The first-order valence-electron chi connectivity index (χ1n) is 9.54. The SMILES string of the molecule is O=C(NCC1(CC2CC2)CCC1)c1ccc(C#Cc2ccccn2)cc1. The maximum Gasteiger partial charge on any atom is 0.251 e. The van der Waals surface area contributed by atoms with Gasteiger partial charge < -0.3 is 5.32 Å². The van der Waals surface area contributed by atoms with Crippen LogP contribution in [0.2, 0.25) is 0 Å². The Morgan fingerprint density at radius 3 is 2.54 bits per heavy atom. The lowest BCUT2D eigenvalue weighted by Gasteiger charge is -2.42.